The Bertz CT molecular complexity index is 356. The van der Waals surface area contributed by atoms with Crippen LogP contribution in [0.1, 0.15) is 23.8 Å². The molecule has 0 aromatic carbocycles. The topological polar surface area (TPSA) is 63.1 Å². The van der Waals surface area contributed by atoms with E-state index in [9.17, 15) is 4.79 Å². The molecule has 1 aromatic rings. The van der Waals surface area contributed by atoms with Crippen LogP contribution >= 0.6 is 0 Å². The van der Waals surface area contributed by atoms with Crippen LogP contribution in [-0.4, -0.2) is 52.0 Å². The van der Waals surface area contributed by atoms with Gasteiger partial charge in [0.05, 0.1) is 6.20 Å². The lowest BCUT2D eigenvalue weighted by atomic mass is 10.3. The molecule has 6 nitrogen and oxygen atoms in total. The summed E-state index contributed by atoms with van der Waals surface area (Å²) >= 11 is 0. The van der Waals surface area contributed by atoms with Crippen LogP contribution in [0.4, 0.5) is 0 Å². The number of piperazine rings is 1. The molecule has 16 heavy (non-hydrogen) atoms. The zero-order valence-corrected chi connectivity index (χ0v) is 9.52. The first-order valence-corrected chi connectivity index (χ1v) is 5.71. The Morgan fingerprint density at radius 1 is 1.50 bits per heavy atom. The van der Waals surface area contributed by atoms with Crippen molar-refractivity contribution in [1.29, 1.82) is 0 Å². The number of rotatable bonds is 3. The molecule has 0 atom stereocenters. The van der Waals surface area contributed by atoms with Crippen LogP contribution in [-0.2, 0) is 6.54 Å². The lowest BCUT2D eigenvalue weighted by Crippen LogP contribution is -2.46. The summed E-state index contributed by atoms with van der Waals surface area (Å²) in [5.41, 5.74) is 0.454. The van der Waals surface area contributed by atoms with Crippen molar-refractivity contribution in [1.82, 2.24) is 25.2 Å². The molecule has 1 aromatic heterocycles. The van der Waals surface area contributed by atoms with E-state index >= 15 is 0 Å². The summed E-state index contributed by atoms with van der Waals surface area (Å²) in [6, 6.07) is 0. The van der Waals surface area contributed by atoms with E-state index in [-0.39, 0.29) is 5.91 Å². The molecule has 1 fully saturated rings. The van der Waals surface area contributed by atoms with Gasteiger partial charge in [-0.1, -0.05) is 12.1 Å². The van der Waals surface area contributed by atoms with Crippen LogP contribution in [0.2, 0.25) is 0 Å². The van der Waals surface area contributed by atoms with E-state index in [1.165, 1.54) is 0 Å². The summed E-state index contributed by atoms with van der Waals surface area (Å²) in [6.45, 7) is 6.09. The molecule has 0 aliphatic carbocycles. The van der Waals surface area contributed by atoms with Gasteiger partial charge in [0.2, 0.25) is 0 Å². The van der Waals surface area contributed by atoms with Gasteiger partial charge in [0.1, 0.15) is 0 Å². The van der Waals surface area contributed by atoms with E-state index in [4.69, 9.17) is 0 Å². The van der Waals surface area contributed by atoms with Crippen molar-refractivity contribution in [2.24, 2.45) is 0 Å². The van der Waals surface area contributed by atoms with Gasteiger partial charge < -0.3 is 10.2 Å². The van der Waals surface area contributed by atoms with Crippen molar-refractivity contribution in [3.05, 3.63) is 11.9 Å². The fraction of sp³-hybridized carbons (Fsp3) is 0.700. The van der Waals surface area contributed by atoms with Crippen LogP contribution in [0.25, 0.3) is 0 Å². The average Bonchev–Trinajstić information content (AvgIpc) is 2.78. The van der Waals surface area contributed by atoms with Gasteiger partial charge in [-0.3, -0.25) is 9.48 Å². The maximum Gasteiger partial charge on any atom is 0.276 e. The molecule has 0 bridgehead atoms. The number of nitrogens with one attached hydrogen (secondary N) is 1. The monoisotopic (exact) mass is 223 g/mol. The molecular weight excluding hydrogens is 206 g/mol. The van der Waals surface area contributed by atoms with Crippen LogP contribution in [0.15, 0.2) is 6.20 Å². The quantitative estimate of drug-likeness (QED) is 0.766. The molecule has 0 radical (unpaired) electrons. The van der Waals surface area contributed by atoms with Crippen molar-refractivity contribution in [3.63, 3.8) is 0 Å². The molecular formula is C10H17N5O. The zero-order valence-electron chi connectivity index (χ0n) is 9.52. The molecule has 1 aliphatic rings. The third-order valence-corrected chi connectivity index (χ3v) is 2.61. The van der Waals surface area contributed by atoms with Gasteiger partial charge in [-0.2, -0.15) is 0 Å². The minimum absolute atomic E-state index is 0.0103. The summed E-state index contributed by atoms with van der Waals surface area (Å²) in [5, 5.41) is 11.0. The second kappa shape index (κ2) is 5.07. The molecule has 0 saturated carbocycles. The third kappa shape index (κ3) is 2.38. The summed E-state index contributed by atoms with van der Waals surface area (Å²) in [5.74, 6) is -0.0103. The van der Waals surface area contributed by atoms with Gasteiger partial charge in [0.15, 0.2) is 5.69 Å². The minimum Gasteiger partial charge on any atom is -0.335 e. The van der Waals surface area contributed by atoms with E-state index in [0.717, 1.165) is 39.1 Å². The van der Waals surface area contributed by atoms with Gasteiger partial charge >= 0.3 is 0 Å². The summed E-state index contributed by atoms with van der Waals surface area (Å²) in [6.07, 6.45) is 2.72. The van der Waals surface area contributed by atoms with E-state index < -0.39 is 0 Å². The first-order chi connectivity index (χ1) is 7.81. The highest BCUT2D eigenvalue weighted by molar-refractivity contribution is 5.92. The van der Waals surface area contributed by atoms with Crippen LogP contribution in [0.5, 0.6) is 0 Å². The third-order valence-electron chi connectivity index (χ3n) is 2.61. The van der Waals surface area contributed by atoms with Crippen LogP contribution in [0.3, 0.4) is 0 Å². The number of hydrogen-bond acceptors (Lipinski definition) is 4. The summed E-state index contributed by atoms with van der Waals surface area (Å²) in [7, 11) is 0. The van der Waals surface area contributed by atoms with Crippen molar-refractivity contribution in [2.75, 3.05) is 26.2 Å². The Morgan fingerprint density at radius 2 is 2.25 bits per heavy atom. The van der Waals surface area contributed by atoms with Crippen molar-refractivity contribution < 1.29 is 4.79 Å². The number of carbonyl (C=O) groups is 1. The highest BCUT2D eigenvalue weighted by Gasteiger charge is 2.20. The van der Waals surface area contributed by atoms with E-state index in [2.05, 4.69) is 22.6 Å². The van der Waals surface area contributed by atoms with Gasteiger partial charge in [0, 0.05) is 32.7 Å². The number of aryl methyl sites for hydroxylation is 1. The van der Waals surface area contributed by atoms with E-state index in [0.29, 0.717) is 5.69 Å². The first-order valence-electron chi connectivity index (χ1n) is 5.71. The predicted molar refractivity (Wildman–Crippen MR) is 59.1 cm³/mol. The molecule has 88 valence electrons. The van der Waals surface area contributed by atoms with Gasteiger partial charge in [-0.05, 0) is 6.42 Å². The predicted octanol–water partition coefficient (Wildman–Crippen LogP) is -0.266. The van der Waals surface area contributed by atoms with Crippen molar-refractivity contribution in [2.45, 2.75) is 19.9 Å². The lowest BCUT2D eigenvalue weighted by Gasteiger charge is -2.26. The Hall–Kier alpha value is -1.43. The Balaban J connectivity index is 2.01. The van der Waals surface area contributed by atoms with Crippen LogP contribution < -0.4 is 5.32 Å². The molecule has 1 aliphatic heterocycles. The maximum atomic E-state index is 12.0. The molecule has 1 amide bonds. The molecule has 2 heterocycles. The maximum absolute atomic E-state index is 12.0. The molecule has 6 heteroatoms. The smallest absolute Gasteiger partial charge is 0.276 e. The fourth-order valence-electron chi connectivity index (χ4n) is 1.76. The molecule has 0 spiro atoms. The van der Waals surface area contributed by atoms with Crippen LogP contribution in [0, 0.1) is 0 Å². The number of nitrogens with zero attached hydrogens (tertiary/aromatic N) is 4. The molecule has 2 rings (SSSR count). The number of aromatic nitrogens is 3. The number of amides is 1. The minimum atomic E-state index is -0.0103. The molecule has 1 saturated heterocycles. The molecule has 1 N–H and O–H groups in total. The number of hydrogen-bond donors (Lipinski definition) is 1. The second-order valence-corrected chi connectivity index (χ2v) is 3.91. The Kier molecular flexibility index (Phi) is 3.51. The highest BCUT2D eigenvalue weighted by Crippen LogP contribution is 2.02. The van der Waals surface area contributed by atoms with E-state index in [1.807, 2.05) is 4.90 Å². The zero-order chi connectivity index (χ0) is 11.4. The van der Waals surface area contributed by atoms with E-state index in [1.54, 1.807) is 10.9 Å². The Labute approximate surface area is 94.6 Å². The molecule has 0 unspecified atom stereocenters. The van der Waals surface area contributed by atoms with Crippen molar-refractivity contribution in [3.8, 4) is 0 Å². The standard InChI is InChI=1S/C10H17N5O/c1-2-5-15-8-9(12-13-15)10(16)14-6-3-11-4-7-14/h8,11H,2-7H2,1H3. The largest absolute Gasteiger partial charge is 0.335 e. The summed E-state index contributed by atoms with van der Waals surface area (Å²) < 4.78 is 1.72. The highest BCUT2D eigenvalue weighted by atomic mass is 16.2. The SMILES string of the molecule is CCCn1cc(C(=O)N2CCNCC2)nn1. The normalized spacial score (nSPS) is 16.4. The van der Waals surface area contributed by atoms with Gasteiger partial charge in [0.25, 0.3) is 5.91 Å². The van der Waals surface area contributed by atoms with Crippen molar-refractivity contribution >= 4 is 5.91 Å². The summed E-state index contributed by atoms with van der Waals surface area (Å²) in [4.78, 5) is 13.8. The second-order valence-electron chi connectivity index (χ2n) is 3.91. The fourth-order valence-corrected chi connectivity index (χ4v) is 1.76. The Morgan fingerprint density at radius 3 is 2.94 bits per heavy atom. The van der Waals surface area contributed by atoms with Gasteiger partial charge in [-0.15, -0.1) is 5.10 Å². The number of carbonyl (C=O) groups excluding carboxylic acids is 1. The first kappa shape index (κ1) is 11.1. The lowest BCUT2D eigenvalue weighted by molar-refractivity contribution is 0.0729. The van der Waals surface area contributed by atoms with Gasteiger partial charge in [-0.25, -0.2) is 0 Å². The average molecular weight is 223 g/mol.